The number of benzene rings is 3. The van der Waals surface area contributed by atoms with Gasteiger partial charge in [-0.15, -0.1) is 19.7 Å². The zero-order chi connectivity index (χ0) is 57.6. The zero-order valence-electron chi connectivity index (χ0n) is 49.5. The van der Waals surface area contributed by atoms with E-state index in [4.69, 9.17) is 48.4 Å². The molecule has 432 valence electrons. The summed E-state index contributed by atoms with van der Waals surface area (Å²) < 4.78 is 40.3. The van der Waals surface area contributed by atoms with E-state index in [1.165, 1.54) is 0 Å². The monoisotopic (exact) mass is 1110 g/mol. The van der Waals surface area contributed by atoms with Crippen LogP contribution in [0.4, 0.5) is 5.69 Å². The van der Waals surface area contributed by atoms with Gasteiger partial charge < -0.3 is 28.4 Å². The third kappa shape index (κ3) is 12.2. The van der Waals surface area contributed by atoms with E-state index in [0.717, 1.165) is 133 Å². The van der Waals surface area contributed by atoms with Crippen molar-refractivity contribution in [1.29, 1.82) is 0 Å². The van der Waals surface area contributed by atoms with Crippen LogP contribution in [0, 0.1) is 35.5 Å². The molecule has 3 aromatic heterocycles. The molecule has 0 spiro atoms. The normalized spacial score (nSPS) is 25.2. The second kappa shape index (κ2) is 26.0. The first-order valence-corrected chi connectivity index (χ1v) is 29.5. The Kier molecular flexibility index (Phi) is 18.4. The molecule has 0 saturated carbocycles. The molecule has 5 fully saturated rings. The van der Waals surface area contributed by atoms with Gasteiger partial charge in [-0.2, -0.15) is 9.97 Å². The molecule has 13 atom stereocenters. The number of ether oxygens (including phenoxy) is 6. The average molecular weight is 1110 g/mol. The van der Waals surface area contributed by atoms with Gasteiger partial charge in [-0.3, -0.25) is 29.7 Å². The fourth-order valence-electron chi connectivity index (χ4n) is 13.6. The molecule has 3 aromatic carbocycles. The highest BCUT2D eigenvalue weighted by Crippen LogP contribution is 2.45. The van der Waals surface area contributed by atoms with E-state index in [-0.39, 0.29) is 24.1 Å². The largest absolute Gasteiger partial charge is 0.497 e. The van der Waals surface area contributed by atoms with Gasteiger partial charge in [-0.1, -0.05) is 38.2 Å². The number of hydrogen-bond acceptors (Lipinski definition) is 14. The molecular formula is C68H84N8O6. The molecule has 0 radical (unpaired) electrons. The van der Waals surface area contributed by atoms with Crippen LogP contribution in [0.1, 0.15) is 95.6 Å². The molecule has 8 heterocycles. The Hall–Kier alpha value is -7.13. The molecule has 5 saturated heterocycles. The lowest BCUT2D eigenvalue weighted by Gasteiger charge is -2.42. The Bertz CT molecular complexity index is 3130. The maximum atomic E-state index is 7.66. The molecule has 6 aromatic rings. The third-order valence-corrected chi connectivity index (χ3v) is 18.8. The minimum atomic E-state index is -0.600. The van der Waals surface area contributed by atoms with Crippen LogP contribution in [0.15, 0.2) is 134 Å². The van der Waals surface area contributed by atoms with E-state index >= 15 is 0 Å². The van der Waals surface area contributed by atoms with Crippen LogP contribution < -0.4 is 28.4 Å². The highest BCUT2D eigenvalue weighted by molar-refractivity contribution is 5.85. The molecule has 2 bridgehead atoms. The van der Waals surface area contributed by atoms with Crippen molar-refractivity contribution >= 4 is 39.8 Å². The van der Waals surface area contributed by atoms with Crippen LogP contribution in [-0.2, 0) is 0 Å². The van der Waals surface area contributed by atoms with Crippen LogP contribution in [0.5, 0.6) is 35.0 Å². The number of likely N-dealkylation sites (tertiary alicyclic amines) is 2. The van der Waals surface area contributed by atoms with Gasteiger partial charge in [0.15, 0.2) is 0 Å². The van der Waals surface area contributed by atoms with Crippen LogP contribution in [0.25, 0.3) is 27.4 Å². The topological polar surface area (TPSA) is 129 Å². The first-order chi connectivity index (χ1) is 39.9. The lowest BCUT2D eigenvalue weighted by Crippen LogP contribution is -2.50. The predicted molar refractivity (Wildman–Crippen MR) is 329 cm³/mol. The zero-order valence-corrected chi connectivity index (χ0v) is 49.5. The number of aliphatic imine (C=N–C) groups is 1. The van der Waals surface area contributed by atoms with Crippen molar-refractivity contribution in [3.05, 3.63) is 146 Å². The Morgan fingerprint density at radius 3 is 1.68 bits per heavy atom. The minimum Gasteiger partial charge on any atom is -0.497 e. The summed E-state index contributed by atoms with van der Waals surface area (Å²) in [6.45, 7) is 33.4. The highest BCUT2D eigenvalue weighted by Gasteiger charge is 2.43. The summed E-state index contributed by atoms with van der Waals surface area (Å²) in [7, 11) is 5.06. The summed E-state index contributed by atoms with van der Waals surface area (Å²) in [5.41, 5.74) is 6.06. The quantitative estimate of drug-likeness (QED) is 0.0473. The number of nitrogens with zero attached hydrogens (tertiary/aromatic N) is 8. The minimum absolute atomic E-state index is 0.0436. The predicted octanol–water partition coefficient (Wildman–Crippen LogP) is 13.4. The Balaban J connectivity index is 1.16. The molecule has 14 heteroatoms. The van der Waals surface area contributed by atoms with Gasteiger partial charge in [0.05, 0.1) is 50.2 Å². The maximum Gasteiger partial charge on any atom is 0.323 e. The Morgan fingerprint density at radius 2 is 1.15 bits per heavy atom. The number of rotatable bonds is 22. The number of piperidine rings is 3. The number of fused-ring (bicyclic) bond motifs is 6. The average Bonchev–Trinajstić information content (AvgIpc) is 3.95. The lowest BCUT2D eigenvalue weighted by atomic mass is 9.79. The maximum absolute atomic E-state index is 7.66. The van der Waals surface area contributed by atoms with E-state index in [0.29, 0.717) is 53.0 Å². The van der Waals surface area contributed by atoms with Crippen molar-refractivity contribution in [1.82, 2.24) is 34.6 Å². The van der Waals surface area contributed by atoms with Crippen molar-refractivity contribution in [2.75, 3.05) is 60.6 Å². The van der Waals surface area contributed by atoms with E-state index in [2.05, 4.69) is 117 Å². The number of allylic oxidation sites excluding steroid dienone is 2. The fraction of sp³-hybridized carbons (Fsp3) is 0.456. The summed E-state index contributed by atoms with van der Waals surface area (Å²) >= 11 is 0. The van der Waals surface area contributed by atoms with Gasteiger partial charge in [0, 0.05) is 65.0 Å². The number of hydrogen-bond donors (Lipinski definition) is 0. The van der Waals surface area contributed by atoms with Crippen molar-refractivity contribution in [3.8, 4) is 35.0 Å². The van der Waals surface area contributed by atoms with Gasteiger partial charge in [0.25, 0.3) is 0 Å². The fourth-order valence-corrected chi connectivity index (χ4v) is 13.6. The van der Waals surface area contributed by atoms with Crippen LogP contribution >= 0.6 is 0 Å². The molecule has 0 N–H and O–H groups in total. The molecule has 0 aliphatic carbocycles. The second-order valence-electron chi connectivity index (χ2n) is 23.2. The van der Waals surface area contributed by atoms with Gasteiger partial charge in [0.2, 0.25) is 11.8 Å². The van der Waals surface area contributed by atoms with Crippen LogP contribution in [0.2, 0.25) is 0 Å². The second-order valence-corrected chi connectivity index (χ2v) is 23.2. The number of aromatic nitrogens is 4. The van der Waals surface area contributed by atoms with E-state index < -0.39 is 18.3 Å². The Labute approximate surface area is 486 Å². The molecular weight excluding hydrogens is 1020 g/mol. The van der Waals surface area contributed by atoms with Crippen molar-refractivity contribution in [3.63, 3.8) is 0 Å². The van der Waals surface area contributed by atoms with Crippen LogP contribution in [0.3, 0.4) is 0 Å². The van der Waals surface area contributed by atoms with E-state index in [1.807, 2.05) is 73.1 Å². The summed E-state index contributed by atoms with van der Waals surface area (Å²) in [5.74, 6) is 5.21. The first kappa shape index (κ1) is 58.1. The molecule has 82 heavy (non-hydrogen) atoms. The van der Waals surface area contributed by atoms with E-state index in [1.54, 1.807) is 21.3 Å². The first-order valence-electron chi connectivity index (χ1n) is 29.5. The Morgan fingerprint density at radius 1 is 0.622 bits per heavy atom. The third-order valence-electron chi connectivity index (χ3n) is 18.8. The van der Waals surface area contributed by atoms with Crippen molar-refractivity contribution in [2.24, 2.45) is 40.5 Å². The molecule has 9 unspecified atom stereocenters. The van der Waals surface area contributed by atoms with Gasteiger partial charge in [-0.05, 0) is 194 Å². The molecule has 14 nitrogen and oxygen atoms in total. The van der Waals surface area contributed by atoms with E-state index in [9.17, 15) is 0 Å². The van der Waals surface area contributed by atoms with Crippen molar-refractivity contribution < 1.29 is 28.4 Å². The summed E-state index contributed by atoms with van der Waals surface area (Å²) in [5, 5.41) is 1.83. The summed E-state index contributed by atoms with van der Waals surface area (Å²) in [6.07, 6.45) is 15.6. The number of pyridine rings is 2. The summed E-state index contributed by atoms with van der Waals surface area (Å²) in [4.78, 5) is 32.5. The standard InChI is InChI=1S/C68H84N8O6/c1-13-46-27-33-74-34-28-49(46)35-62(74)67(53(16-4)56-36-50(77-10)17-20-59(56)69-9)81-64-39-63(80-65(44(7)75-31-25-42(5)47(14-2)40-75)54-23-29-70-60-21-18-51(78-11)37-57(54)60)72-68(73-64)82-66(45(8)76-32-26-43(6)48(15-3)41-76)55-24-30-71-61-22-19-52(79-12)38-58(55)61/h13-24,29-30,36-39,42-49,62,65-67H,1-3,9,25-28,31-35,40-41H2,4-8,10-12H3/b53-16+/t42?,43?,44?,45?,46?,47-,48?,49?,62+,65+,66?,67-/m0/s1. The highest BCUT2D eigenvalue weighted by atomic mass is 16.5. The van der Waals surface area contributed by atoms with Gasteiger partial charge in [0.1, 0.15) is 35.6 Å². The van der Waals surface area contributed by atoms with Crippen LogP contribution in [-0.4, -0.2) is 126 Å². The van der Waals surface area contributed by atoms with Gasteiger partial charge in [-0.25, -0.2) is 0 Å². The molecule has 5 aliphatic rings. The smallest absolute Gasteiger partial charge is 0.323 e. The SMILES string of the molecule is C=CC1CN(C(C)C(Oc2nc(O[C@@H](c3ccnc4ccc(OC)cc34)C(C)N3CCC(C)[C@@H](C=C)C3)cc(O[C@@H](/C(=C/C)c3cc(OC)ccc3N=C)[C@H]3CC4CCN3CCC4C=C)n2)c2ccnc3ccc(OC)cc23)CCC1C. The van der Waals surface area contributed by atoms with Crippen molar-refractivity contribution in [2.45, 2.75) is 103 Å². The molecule has 0 amide bonds. The van der Waals surface area contributed by atoms with Gasteiger partial charge >= 0.3 is 6.01 Å². The molecule has 11 rings (SSSR count). The summed E-state index contributed by atoms with van der Waals surface area (Å²) in [6, 6.07) is 23.6. The molecule has 5 aliphatic heterocycles. The lowest BCUT2D eigenvalue weighted by molar-refractivity contribution is 0.0290. The number of methoxy groups -OCH3 is 3.